The molecule has 3 N–H and O–H groups in total. The van der Waals surface area contributed by atoms with E-state index < -0.39 is 5.60 Å². The summed E-state index contributed by atoms with van der Waals surface area (Å²) in [4.78, 5) is 3.98. The number of aromatic nitrogens is 1. The Hall–Kier alpha value is -1.09. The van der Waals surface area contributed by atoms with Gasteiger partial charge in [0.1, 0.15) is 5.82 Å². The molecule has 1 aromatic rings. The standard InChI is InChI=1S/C14H22N2O/c1-13(2)5-3-6-14(17,10-13)9-11-4-7-16-12(15)8-11/h4,7-8,17H,3,5-6,9-10H2,1-2H3,(H2,15,16). The maximum atomic E-state index is 10.7. The molecule has 3 heteroatoms. The number of nitrogens with zero attached hydrogens (tertiary/aromatic N) is 1. The molecule has 2 rings (SSSR count). The van der Waals surface area contributed by atoms with Crippen molar-refractivity contribution >= 4 is 5.82 Å². The summed E-state index contributed by atoms with van der Waals surface area (Å²) in [6.07, 6.45) is 6.45. The highest BCUT2D eigenvalue weighted by Gasteiger charge is 2.38. The van der Waals surface area contributed by atoms with Crippen LogP contribution in [0.25, 0.3) is 0 Å². The molecule has 1 saturated carbocycles. The van der Waals surface area contributed by atoms with Crippen molar-refractivity contribution in [2.75, 3.05) is 5.73 Å². The van der Waals surface area contributed by atoms with Crippen molar-refractivity contribution in [3.8, 4) is 0 Å². The van der Waals surface area contributed by atoms with E-state index in [0.29, 0.717) is 12.2 Å². The van der Waals surface area contributed by atoms with Gasteiger partial charge in [-0.05, 0) is 42.4 Å². The fourth-order valence-corrected chi connectivity index (χ4v) is 3.10. The Bertz CT molecular complexity index is 403. The van der Waals surface area contributed by atoms with Gasteiger partial charge in [-0.15, -0.1) is 0 Å². The van der Waals surface area contributed by atoms with E-state index in [2.05, 4.69) is 18.8 Å². The molecule has 1 heterocycles. The molecule has 94 valence electrons. The Labute approximate surface area is 103 Å². The third kappa shape index (κ3) is 3.19. The SMILES string of the molecule is CC1(C)CCCC(O)(Cc2ccnc(N)c2)C1. The van der Waals surface area contributed by atoms with E-state index in [1.807, 2.05) is 12.1 Å². The lowest BCUT2D eigenvalue weighted by Crippen LogP contribution is -2.40. The topological polar surface area (TPSA) is 59.1 Å². The van der Waals surface area contributed by atoms with Gasteiger partial charge >= 0.3 is 0 Å². The Morgan fingerprint density at radius 1 is 1.41 bits per heavy atom. The van der Waals surface area contributed by atoms with Crippen LogP contribution in [-0.2, 0) is 6.42 Å². The molecule has 0 saturated heterocycles. The van der Waals surface area contributed by atoms with E-state index in [9.17, 15) is 5.11 Å². The Morgan fingerprint density at radius 2 is 2.18 bits per heavy atom. The largest absolute Gasteiger partial charge is 0.390 e. The zero-order valence-electron chi connectivity index (χ0n) is 10.7. The first-order valence-electron chi connectivity index (χ1n) is 6.31. The molecule has 1 fully saturated rings. The molecule has 0 bridgehead atoms. The molecule has 1 atom stereocenters. The zero-order valence-corrected chi connectivity index (χ0v) is 10.7. The first-order chi connectivity index (χ1) is 7.89. The van der Waals surface area contributed by atoms with Gasteiger partial charge in [-0.1, -0.05) is 20.3 Å². The van der Waals surface area contributed by atoms with Gasteiger partial charge in [-0.25, -0.2) is 4.98 Å². The molecule has 0 amide bonds. The molecule has 0 aliphatic heterocycles. The van der Waals surface area contributed by atoms with Gasteiger partial charge in [0, 0.05) is 12.6 Å². The van der Waals surface area contributed by atoms with Gasteiger partial charge in [0.2, 0.25) is 0 Å². The quantitative estimate of drug-likeness (QED) is 0.826. The minimum atomic E-state index is -0.574. The molecule has 0 radical (unpaired) electrons. The van der Waals surface area contributed by atoms with Crippen LogP contribution in [0.1, 0.15) is 45.1 Å². The van der Waals surface area contributed by atoms with Crippen molar-refractivity contribution in [3.05, 3.63) is 23.9 Å². The van der Waals surface area contributed by atoms with E-state index >= 15 is 0 Å². The summed E-state index contributed by atoms with van der Waals surface area (Å²) in [5, 5.41) is 10.7. The zero-order chi connectivity index (χ0) is 12.5. The number of anilines is 1. The minimum absolute atomic E-state index is 0.242. The van der Waals surface area contributed by atoms with Crippen LogP contribution in [0.5, 0.6) is 0 Å². The van der Waals surface area contributed by atoms with Gasteiger partial charge in [-0.3, -0.25) is 0 Å². The number of hydrogen-bond acceptors (Lipinski definition) is 3. The normalized spacial score (nSPS) is 27.9. The number of rotatable bonds is 2. The lowest BCUT2D eigenvalue weighted by atomic mass is 9.68. The third-order valence-corrected chi connectivity index (χ3v) is 3.68. The molecule has 1 aliphatic carbocycles. The highest BCUT2D eigenvalue weighted by Crippen LogP contribution is 2.42. The van der Waals surface area contributed by atoms with Crippen molar-refractivity contribution in [2.45, 2.75) is 51.6 Å². The Morgan fingerprint density at radius 3 is 2.82 bits per heavy atom. The highest BCUT2D eigenvalue weighted by atomic mass is 16.3. The molecule has 3 nitrogen and oxygen atoms in total. The fourth-order valence-electron chi connectivity index (χ4n) is 3.10. The minimum Gasteiger partial charge on any atom is -0.390 e. The number of nitrogen functional groups attached to an aromatic ring is 1. The van der Waals surface area contributed by atoms with E-state index in [1.165, 1.54) is 6.42 Å². The molecule has 1 aliphatic rings. The number of pyridine rings is 1. The Balaban J connectivity index is 2.12. The second kappa shape index (κ2) is 4.30. The molecule has 17 heavy (non-hydrogen) atoms. The lowest BCUT2D eigenvalue weighted by molar-refractivity contribution is -0.0382. The van der Waals surface area contributed by atoms with E-state index in [0.717, 1.165) is 24.8 Å². The van der Waals surface area contributed by atoms with Crippen LogP contribution in [0.4, 0.5) is 5.82 Å². The van der Waals surface area contributed by atoms with Gasteiger partial charge < -0.3 is 10.8 Å². The van der Waals surface area contributed by atoms with Gasteiger partial charge in [0.25, 0.3) is 0 Å². The Kier molecular flexibility index (Phi) is 3.13. The first kappa shape index (κ1) is 12.4. The smallest absolute Gasteiger partial charge is 0.123 e. The van der Waals surface area contributed by atoms with Gasteiger partial charge in [-0.2, -0.15) is 0 Å². The van der Waals surface area contributed by atoms with Gasteiger partial charge in [0.05, 0.1) is 5.60 Å². The van der Waals surface area contributed by atoms with Crippen LogP contribution in [0, 0.1) is 5.41 Å². The summed E-state index contributed by atoms with van der Waals surface area (Å²) in [6, 6.07) is 3.80. The van der Waals surface area contributed by atoms with Crippen LogP contribution in [0.3, 0.4) is 0 Å². The summed E-state index contributed by atoms with van der Waals surface area (Å²) >= 11 is 0. The predicted octanol–water partition coefficient (Wildman–Crippen LogP) is 2.54. The fraction of sp³-hybridized carbons (Fsp3) is 0.643. The van der Waals surface area contributed by atoms with Crippen LogP contribution in [0.15, 0.2) is 18.3 Å². The maximum Gasteiger partial charge on any atom is 0.123 e. The lowest BCUT2D eigenvalue weighted by Gasteiger charge is -2.41. The molecular formula is C14H22N2O. The average Bonchev–Trinajstić information content (AvgIpc) is 2.14. The van der Waals surface area contributed by atoms with Crippen LogP contribution >= 0.6 is 0 Å². The molecule has 1 aromatic heterocycles. The molecule has 0 aromatic carbocycles. The summed E-state index contributed by atoms with van der Waals surface area (Å²) in [6.45, 7) is 4.47. The van der Waals surface area contributed by atoms with E-state index in [1.54, 1.807) is 6.20 Å². The maximum absolute atomic E-state index is 10.7. The second-order valence-electron chi connectivity index (χ2n) is 6.18. The molecule has 0 spiro atoms. The predicted molar refractivity (Wildman–Crippen MR) is 69.6 cm³/mol. The molecule has 1 unspecified atom stereocenters. The third-order valence-electron chi connectivity index (χ3n) is 3.68. The number of aliphatic hydroxyl groups is 1. The summed E-state index contributed by atoms with van der Waals surface area (Å²) in [5.41, 5.74) is 6.42. The van der Waals surface area contributed by atoms with Crippen molar-refractivity contribution in [2.24, 2.45) is 5.41 Å². The van der Waals surface area contributed by atoms with E-state index in [-0.39, 0.29) is 5.41 Å². The van der Waals surface area contributed by atoms with Gasteiger partial charge in [0.15, 0.2) is 0 Å². The average molecular weight is 234 g/mol. The van der Waals surface area contributed by atoms with Crippen LogP contribution in [0.2, 0.25) is 0 Å². The van der Waals surface area contributed by atoms with Crippen molar-refractivity contribution in [1.82, 2.24) is 4.98 Å². The second-order valence-corrected chi connectivity index (χ2v) is 6.18. The van der Waals surface area contributed by atoms with Crippen molar-refractivity contribution in [1.29, 1.82) is 0 Å². The first-order valence-corrected chi connectivity index (χ1v) is 6.31. The van der Waals surface area contributed by atoms with E-state index in [4.69, 9.17) is 5.73 Å². The van der Waals surface area contributed by atoms with Crippen LogP contribution < -0.4 is 5.73 Å². The number of nitrogens with two attached hydrogens (primary N) is 1. The van der Waals surface area contributed by atoms with Crippen molar-refractivity contribution in [3.63, 3.8) is 0 Å². The monoisotopic (exact) mass is 234 g/mol. The highest BCUT2D eigenvalue weighted by molar-refractivity contribution is 5.32. The summed E-state index contributed by atoms with van der Waals surface area (Å²) in [5.74, 6) is 0.529. The summed E-state index contributed by atoms with van der Waals surface area (Å²) in [7, 11) is 0. The van der Waals surface area contributed by atoms with Crippen molar-refractivity contribution < 1.29 is 5.11 Å². The number of hydrogen-bond donors (Lipinski definition) is 2. The van der Waals surface area contributed by atoms with Crippen LogP contribution in [-0.4, -0.2) is 15.7 Å². The summed E-state index contributed by atoms with van der Waals surface area (Å²) < 4.78 is 0. The molecular weight excluding hydrogens is 212 g/mol.